The zero-order chi connectivity index (χ0) is 19.1. The van der Waals surface area contributed by atoms with Gasteiger partial charge in [0.15, 0.2) is 17.0 Å². The molecule has 4 heterocycles. The molecule has 8 nitrogen and oxygen atoms in total. The minimum Gasteiger partial charge on any atom is -0.459 e. The standard InChI is InChI=1S/C19H27ClN6O2/c1-24-16-15(17(23-18(20)22-16)25-7-9-27-10-8-25)21-19(24)28-14-11-26(12-14)13-5-3-2-4-6-13/h13-14H,2-12H2,1H3. The van der Waals surface area contributed by atoms with Crippen molar-refractivity contribution < 1.29 is 9.47 Å². The molecule has 0 unspecified atom stereocenters. The first kappa shape index (κ1) is 18.4. The summed E-state index contributed by atoms with van der Waals surface area (Å²) in [6.45, 7) is 4.87. The summed E-state index contributed by atoms with van der Waals surface area (Å²) in [6.07, 6.45) is 6.96. The predicted molar refractivity (Wildman–Crippen MR) is 107 cm³/mol. The third-order valence-electron chi connectivity index (χ3n) is 6.18. The van der Waals surface area contributed by atoms with Crippen LogP contribution in [0, 0.1) is 0 Å². The molecular weight excluding hydrogens is 380 g/mol. The molecule has 0 radical (unpaired) electrons. The van der Waals surface area contributed by atoms with Gasteiger partial charge in [-0.1, -0.05) is 19.3 Å². The maximum atomic E-state index is 6.23. The van der Waals surface area contributed by atoms with Gasteiger partial charge in [0.05, 0.1) is 13.2 Å². The SMILES string of the molecule is Cn1c(OC2CN(C3CCCCC3)C2)nc2c(N3CCOCC3)nc(Cl)nc21. The van der Waals surface area contributed by atoms with Crippen LogP contribution in [0.2, 0.25) is 5.28 Å². The number of anilines is 1. The topological polar surface area (TPSA) is 68.5 Å². The zero-order valence-corrected chi connectivity index (χ0v) is 17.1. The van der Waals surface area contributed by atoms with Crippen LogP contribution in [0.5, 0.6) is 6.01 Å². The van der Waals surface area contributed by atoms with Crippen molar-refractivity contribution in [3.8, 4) is 6.01 Å². The molecule has 3 fully saturated rings. The maximum Gasteiger partial charge on any atom is 0.298 e. The number of halogens is 1. The Hall–Kier alpha value is -1.64. The fourth-order valence-corrected chi connectivity index (χ4v) is 4.70. The third-order valence-corrected chi connectivity index (χ3v) is 6.35. The molecule has 2 saturated heterocycles. The second-order valence-corrected chi connectivity index (χ2v) is 8.36. The van der Waals surface area contributed by atoms with Gasteiger partial charge in [0.25, 0.3) is 6.01 Å². The van der Waals surface area contributed by atoms with Gasteiger partial charge in [-0.3, -0.25) is 9.47 Å². The quantitative estimate of drug-likeness (QED) is 0.721. The van der Waals surface area contributed by atoms with Gasteiger partial charge >= 0.3 is 0 Å². The number of imidazole rings is 1. The van der Waals surface area contributed by atoms with Crippen molar-refractivity contribution in [2.75, 3.05) is 44.3 Å². The fourth-order valence-electron chi connectivity index (χ4n) is 4.54. The van der Waals surface area contributed by atoms with E-state index in [1.54, 1.807) is 0 Å². The number of fused-ring (bicyclic) bond motifs is 1. The largest absolute Gasteiger partial charge is 0.459 e. The van der Waals surface area contributed by atoms with E-state index in [0.717, 1.165) is 43.6 Å². The summed E-state index contributed by atoms with van der Waals surface area (Å²) in [5.74, 6) is 0.765. The molecule has 152 valence electrons. The van der Waals surface area contributed by atoms with Crippen LogP contribution in [-0.4, -0.2) is 76.0 Å². The average Bonchev–Trinajstić information content (AvgIpc) is 3.01. The fraction of sp³-hybridized carbons (Fsp3) is 0.737. The summed E-state index contributed by atoms with van der Waals surface area (Å²) in [5.41, 5.74) is 1.45. The van der Waals surface area contributed by atoms with E-state index in [1.807, 2.05) is 11.6 Å². The van der Waals surface area contributed by atoms with Crippen LogP contribution in [-0.2, 0) is 11.8 Å². The highest BCUT2D eigenvalue weighted by molar-refractivity contribution is 6.28. The smallest absolute Gasteiger partial charge is 0.298 e. The Morgan fingerprint density at radius 1 is 1.04 bits per heavy atom. The Labute approximate surface area is 169 Å². The van der Waals surface area contributed by atoms with Crippen molar-refractivity contribution in [3.05, 3.63) is 5.28 Å². The van der Waals surface area contributed by atoms with Gasteiger partial charge in [0, 0.05) is 39.3 Å². The van der Waals surface area contributed by atoms with Crippen molar-refractivity contribution in [2.24, 2.45) is 7.05 Å². The Kier molecular flexibility index (Phi) is 5.02. The van der Waals surface area contributed by atoms with Gasteiger partial charge in [-0.05, 0) is 24.4 Å². The molecule has 0 bridgehead atoms. The molecule has 28 heavy (non-hydrogen) atoms. The molecule has 9 heteroatoms. The molecule has 2 aromatic heterocycles. The van der Waals surface area contributed by atoms with Crippen LogP contribution in [0.4, 0.5) is 5.82 Å². The third kappa shape index (κ3) is 3.42. The number of rotatable bonds is 4. The monoisotopic (exact) mass is 406 g/mol. The molecule has 0 atom stereocenters. The number of nitrogens with zero attached hydrogens (tertiary/aromatic N) is 6. The Morgan fingerprint density at radius 2 is 1.79 bits per heavy atom. The lowest BCUT2D eigenvalue weighted by molar-refractivity contribution is -0.0239. The number of aromatic nitrogens is 4. The van der Waals surface area contributed by atoms with E-state index < -0.39 is 0 Å². The minimum atomic E-state index is 0.188. The van der Waals surface area contributed by atoms with E-state index >= 15 is 0 Å². The van der Waals surface area contributed by atoms with Crippen molar-refractivity contribution >= 4 is 28.6 Å². The number of likely N-dealkylation sites (tertiary alicyclic amines) is 1. The summed E-state index contributed by atoms with van der Waals surface area (Å²) in [4.78, 5) is 18.3. The van der Waals surface area contributed by atoms with Crippen LogP contribution in [0.3, 0.4) is 0 Å². The lowest BCUT2D eigenvalue weighted by Crippen LogP contribution is -2.58. The lowest BCUT2D eigenvalue weighted by atomic mass is 9.92. The Bertz CT molecular complexity index is 841. The molecule has 0 spiro atoms. The number of hydrogen-bond donors (Lipinski definition) is 0. The van der Waals surface area contributed by atoms with Crippen LogP contribution in [0.1, 0.15) is 32.1 Å². The van der Waals surface area contributed by atoms with Crippen molar-refractivity contribution in [2.45, 2.75) is 44.2 Å². The zero-order valence-electron chi connectivity index (χ0n) is 16.3. The van der Waals surface area contributed by atoms with Gasteiger partial charge in [0.1, 0.15) is 6.10 Å². The predicted octanol–water partition coefficient (Wildman–Crippen LogP) is 2.25. The highest BCUT2D eigenvalue weighted by atomic mass is 35.5. The van der Waals surface area contributed by atoms with E-state index in [0.29, 0.717) is 24.9 Å². The van der Waals surface area contributed by atoms with Crippen LogP contribution in [0.25, 0.3) is 11.2 Å². The van der Waals surface area contributed by atoms with Gasteiger partial charge in [0.2, 0.25) is 5.28 Å². The lowest BCUT2D eigenvalue weighted by Gasteiger charge is -2.44. The minimum absolute atomic E-state index is 0.188. The average molecular weight is 407 g/mol. The number of hydrogen-bond acceptors (Lipinski definition) is 7. The number of ether oxygens (including phenoxy) is 2. The molecule has 0 amide bonds. The van der Waals surface area contributed by atoms with Gasteiger partial charge in [-0.15, -0.1) is 0 Å². The second-order valence-electron chi connectivity index (χ2n) is 8.03. The molecule has 5 rings (SSSR count). The summed E-state index contributed by atoms with van der Waals surface area (Å²) in [5, 5.41) is 0.232. The van der Waals surface area contributed by atoms with E-state index in [4.69, 9.17) is 26.1 Å². The first-order chi connectivity index (χ1) is 13.7. The van der Waals surface area contributed by atoms with Gasteiger partial charge in [-0.2, -0.15) is 15.0 Å². The molecule has 2 aliphatic heterocycles. The van der Waals surface area contributed by atoms with Gasteiger partial charge in [-0.25, -0.2) is 0 Å². The van der Waals surface area contributed by atoms with Crippen molar-refractivity contribution in [1.29, 1.82) is 0 Å². The van der Waals surface area contributed by atoms with Crippen LogP contribution < -0.4 is 9.64 Å². The summed E-state index contributed by atoms with van der Waals surface area (Å²) in [6, 6.07) is 1.33. The van der Waals surface area contributed by atoms with Crippen LogP contribution in [0.15, 0.2) is 0 Å². The molecule has 3 aliphatic rings. The molecule has 1 saturated carbocycles. The molecule has 2 aromatic rings. The van der Waals surface area contributed by atoms with Crippen molar-refractivity contribution in [1.82, 2.24) is 24.4 Å². The molecule has 0 aromatic carbocycles. The molecular formula is C19H27ClN6O2. The number of aryl methyl sites for hydroxylation is 1. The van der Waals surface area contributed by atoms with E-state index in [9.17, 15) is 0 Å². The first-order valence-corrected chi connectivity index (χ1v) is 10.7. The highest BCUT2D eigenvalue weighted by Crippen LogP contribution is 2.31. The Balaban J connectivity index is 1.33. The highest BCUT2D eigenvalue weighted by Gasteiger charge is 2.35. The van der Waals surface area contributed by atoms with E-state index in [1.165, 1.54) is 32.1 Å². The maximum absolute atomic E-state index is 6.23. The van der Waals surface area contributed by atoms with Crippen molar-refractivity contribution in [3.63, 3.8) is 0 Å². The summed E-state index contributed by atoms with van der Waals surface area (Å²) < 4.78 is 13.6. The summed E-state index contributed by atoms with van der Waals surface area (Å²) in [7, 11) is 1.93. The van der Waals surface area contributed by atoms with E-state index in [2.05, 4.69) is 19.8 Å². The Morgan fingerprint density at radius 3 is 2.54 bits per heavy atom. The normalized spacial score (nSPS) is 22.6. The molecule has 0 N–H and O–H groups in total. The van der Waals surface area contributed by atoms with E-state index in [-0.39, 0.29) is 11.4 Å². The van der Waals surface area contributed by atoms with Gasteiger partial charge < -0.3 is 14.4 Å². The van der Waals surface area contributed by atoms with Crippen LogP contribution >= 0.6 is 11.6 Å². The number of morpholine rings is 1. The second kappa shape index (κ2) is 7.65. The first-order valence-electron chi connectivity index (χ1n) is 10.3. The molecule has 1 aliphatic carbocycles. The summed E-state index contributed by atoms with van der Waals surface area (Å²) >= 11 is 6.20.